The quantitative estimate of drug-likeness (QED) is 0.666. The minimum Gasteiger partial charge on any atom is -0.360 e. The molecule has 0 bridgehead atoms. The average molecular weight is 312 g/mol. The van der Waals surface area contributed by atoms with E-state index in [1.165, 1.54) is 24.4 Å². The number of tetrazole rings is 1. The Morgan fingerprint density at radius 3 is 2.86 bits per heavy atom. The van der Waals surface area contributed by atoms with Crippen LogP contribution < -0.4 is 5.32 Å². The number of anilines is 1. The van der Waals surface area contributed by atoms with E-state index in [1.54, 1.807) is 6.07 Å². The van der Waals surface area contributed by atoms with E-state index in [0.717, 1.165) is 0 Å². The molecule has 0 radical (unpaired) electrons. The first-order valence-electron chi connectivity index (χ1n) is 5.44. The van der Waals surface area contributed by atoms with Crippen LogP contribution in [0.3, 0.4) is 0 Å². The van der Waals surface area contributed by atoms with E-state index in [9.17, 15) is 13.2 Å². The van der Waals surface area contributed by atoms with Crippen molar-refractivity contribution in [3.8, 4) is 6.07 Å². The zero-order chi connectivity index (χ0) is 15.3. The molecule has 0 spiro atoms. The lowest BCUT2D eigenvalue weighted by atomic mass is 10.3. The van der Waals surface area contributed by atoms with Crippen LogP contribution in [0.25, 0.3) is 5.57 Å². The molecule has 1 aromatic carbocycles. The Hall–Kier alpha value is -2.54. The minimum absolute atomic E-state index is 0.0407. The van der Waals surface area contributed by atoms with Gasteiger partial charge in [0.25, 0.3) is 0 Å². The fraction of sp³-hybridized carbons (Fsp3) is 0.0909. The molecule has 2 aromatic rings. The van der Waals surface area contributed by atoms with Crippen LogP contribution in [0, 0.1) is 11.3 Å². The topological polar surface area (TPSA) is 90.3 Å². The lowest BCUT2D eigenvalue weighted by Gasteiger charge is -2.07. The standard InChI is InChI=1S/C11H7F3N6S/c12-11(13,14)21-9-3-1-2-8(4-9)16-6-7(5-15)10-17-19-20-18-10/h1-4,6,16H,(H,17,18,19,20). The molecule has 0 fully saturated rings. The van der Waals surface area contributed by atoms with Crippen LogP contribution in [0.1, 0.15) is 5.82 Å². The van der Waals surface area contributed by atoms with E-state index in [4.69, 9.17) is 5.26 Å². The molecule has 0 amide bonds. The second kappa shape index (κ2) is 6.27. The van der Waals surface area contributed by atoms with Crippen molar-refractivity contribution < 1.29 is 13.2 Å². The van der Waals surface area contributed by atoms with E-state index in [1.807, 2.05) is 6.07 Å². The Bertz CT molecular complexity index is 674. The SMILES string of the molecule is N#CC(=CNc1cccc(SC(F)(F)F)c1)c1nn[nH]n1. The van der Waals surface area contributed by atoms with Crippen molar-refractivity contribution in [2.24, 2.45) is 0 Å². The zero-order valence-electron chi connectivity index (χ0n) is 10.2. The van der Waals surface area contributed by atoms with Crippen molar-refractivity contribution in [3.05, 3.63) is 36.3 Å². The molecule has 21 heavy (non-hydrogen) atoms. The first-order chi connectivity index (χ1) is 9.98. The van der Waals surface area contributed by atoms with Crippen molar-refractivity contribution in [1.82, 2.24) is 20.6 Å². The number of allylic oxidation sites excluding steroid dienone is 1. The van der Waals surface area contributed by atoms with Crippen molar-refractivity contribution in [2.45, 2.75) is 10.4 Å². The zero-order valence-corrected chi connectivity index (χ0v) is 11.0. The number of nitrogens with one attached hydrogen (secondary N) is 2. The highest BCUT2D eigenvalue weighted by Gasteiger charge is 2.29. The van der Waals surface area contributed by atoms with Gasteiger partial charge in [-0.3, -0.25) is 0 Å². The highest BCUT2D eigenvalue weighted by molar-refractivity contribution is 8.00. The molecule has 0 aliphatic heterocycles. The number of halogens is 3. The van der Waals surface area contributed by atoms with Crippen LogP contribution in [0.4, 0.5) is 18.9 Å². The van der Waals surface area contributed by atoms with Gasteiger partial charge in [0.1, 0.15) is 11.6 Å². The maximum atomic E-state index is 12.3. The number of thioether (sulfide) groups is 1. The van der Waals surface area contributed by atoms with Crippen LogP contribution in [-0.2, 0) is 0 Å². The third kappa shape index (κ3) is 4.50. The summed E-state index contributed by atoms with van der Waals surface area (Å²) < 4.78 is 36.9. The molecule has 1 aromatic heterocycles. The van der Waals surface area contributed by atoms with Gasteiger partial charge in [0.2, 0.25) is 5.82 Å². The molecule has 0 saturated carbocycles. The number of nitrogens with zero attached hydrogens (tertiary/aromatic N) is 4. The van der Waals surface area contributed by atoms with Gasteiger partial charge in [-0.15, -0.1) is 10.2 Å². The Morgan fingerprint density at radius 1 is 1.43 bits per heavy atom. The van der Waals surface area contributed by atoms with Crippen molar-refractivity contribution in [3.63, 3.8) is 0 Å². The summed E-state index contributed by atoms with van der Waals surface area (Å²) in [6.45, 7) is 0. The highest BCUT2D eigenvalue weighted by Crippen LogP contribution is 2.37. The van der Waals surface area contributed by atoms with Gasteiger partial charge in [0.15, 0.2) is 0 Å². The molecule has 1 heterocycles. The molecule has 108 valence electrons. The Labute approximate surface area is 121 Å². The van der Waals surface area contributed by atoms with Crippen molar-refractivity contribution in [1.29, 1.82) is 5.26 Å². The van der Waals surface area contributed by atoms with E-state index < -0.39 is 5.51 Å². The first-order valence-corrected chi connectivity index (χ1v) is 6.26. The number of aromatic amines is 1. The number of H-pyrrole nitrogens is 1. The number of aromatic nitrogens is 4. The Kier molecular flexibility index (Phi) is 4.44. The van der Waals surface area contributed by atoms with E-state index in [-0.39, 0.29) is 28.1 Å². The van der Waals surface area contributed by atoms with E-state index in [2.05, 4.69) is 25.9 Å². The molecule has 2 N–H and O–H groups in total. The lowest BCUT2D eigenvalue weighted by molar-refractivity contribution is -0.0328. The third-order valence-electron chi connectivity index (χ3n) is 2.16. The molecule has 0 saturated heterocycles. The van der Waals surface area contributed by atoms with Gasteiger partial charge in [-0.05, 0) is 35.2 Å². The molecule has 2 rings (SSSR count). The van der Waals surface area contributed by atoms with Crippen LogP contribution in [0.15, 0.2) is 35.4 Å². The van der Waals surface area contributed by atoms with Gasteiger partial charge in [-0.25, -0.2) is 0 Å². The summed E-state index contributed by atoms with van der Waals surface area (Å²) in [5.41, 5.74) is -3.85. The Balaban J connectivity index is 2.13. The second-order valence-electron chi connectivity index (χ2n) is 3.63. The monoisotopic (exact) mass is 312 g/mol. The summed E-state index contributed by atoms with van der Waals surface area (Å²) in [6.07, 6.45) is 1.29. The smallest absolute Gasteiger partial charge is 0.360 e. The summed E-state index contributed by atoms with van der Waals surface area (Å²) in [5, 5.41) is 24.5. The fourth-order valence-electron chi connectivity index (χ4n) is 1.36. The predicted molar refractivity (Wildman–Crippen MR) is 69.7 cm³/mol. The van der Waals surface area contributed by atoms with Gasteiger partial charge in [-0.1, -0.05) is 6.07 Å². The van der Waals surface area contributed by atoms with Gasteiger partial charge < -0.3 is 5.32 Å². The Morgan fingerprint density at radius 2 is 2.24 bits per heavy atom. The second-order valence-corrected chi connectivity index (χ2v) is 4.76. The summed E-state index contributed by atoms with van der Waals surface area (Å²) in [7, 11) is 0. The summed E-state index contributed by atoms with van der Waals surface area (Å²) in [4.78, 5) is 0.0407. The van der Waals surface area contributed by atoms with Crippen LogP contribution in [0.5, 0.6) is 0 Å². The summed E-state index contributed by atoms with van der Waals surface area (Å²) >= 11 is -0.213. The minimum atomic E-state index is -4.35. The molecule has 6 nitrogen and oxygen atoms in total. The van der Waals surface area contributed by atoms with Gasteiger partial charge in [0.05, 0.1) is 0 Å². The number of rotatable bonds is 4. The highest BCUT2D eigenvalue weighted by atomic mass is 32.2. The molecule has 0 atom stereocenters. The lowest BCUT2D eigenvalue weighted by Crippen LogP contribution is -1.99. The molecular formula is C11H7F3N6S. The predicted octanol–water partition coefficient (Wildman–Crippen LogP) is 2.79. The number of benzene rings is 1. The van der Waals surface area contributed by atoms with Crippen LogP contribution in [-0.4, -0.2) is 26.1 Å². The largest absolute Gasteiger partial charge is 0.446 e. The number of hydrogen-bond donors (Lipinski definition) is 2. The number of hydrogen-bond acceptors (Lipinski definition) is 6. The van der Waals surface area contributed by atoms with Crippen LogP contribution >= 0.6 is 11.8 Å². The van der Waals surface area contributed by atoms with E-state index in [0.29, 0.717) is 5.69 Å². The maximum Gasteiger partial charge on any atom is 0.446 e. The average Bonchev–Trinajstić information content (AvgIpc) is 2.92. The van der Waals surface area contributed by atoms with Gasteiger partial charge in [-0.2, -0.15) is 23.6 Å². The van der Waals surface area contributed by atoms with Crippen molar-refractivity contribution in [2.75, 3.05) is 5.32 Å². The third-order valence-corrected chi connectivity index (χ3v) is 2.88. The number of alkyl halides is 3. The summed E-state index contributed by atoms with van der Waals surface area (Å²) in [5.74, 6) is 0.0887. The van der Waals surface area contributed by atoms with Gasteiger partial charge in [0, 0.05) is 16.8 Å². The first kappa shape index (κ1) is 14.9. The molecular weight excluding hydrogens is 305 g/mol. The molecule has 10 heteroatoms. The van der Waals surface area contributed by atoms with Crippen molar-refractivity contribution >= 4 is 23.0 Å². The number of nitriles is 1. The molecule has 0 unspecified atom stereocenters. The van der Waals surface area contributed by atoms with Gasteiger partial charge >= 0.3 is 5.51 Å². The molecule has 0 aliphatic carbocycles. The summed E-state index contributed by atoms with van der Waals surface area (Å²) in [6, 6.07) is 7.57. The van der Waals surface area contributed by atoms with Crippen LogP contribution in [0.2, 0.25) is 0 Å². The maximum absolute atomic E-state index is 12.3. The normalized spacial score (nSPS) is 12.0. The van der Waals surface area contributed by atoms with E-state index >= 15 is 0 Å². The fourth-order valence-corrected chi connectivity index (χ4v) is 1.96. The molecule has 0 aliphatic rings.